The maximum Gasteiger partial charge on any atom is 0.121 e. The molecule has 1 atom stereocenters. The highest BCUT2D eigenvalue weighted by atomic mass is 16.3. The molecule has 0 aromatic heterocycles. The highest BCUT2D eigenvalue weighted by molar-refractivity contribution is 5.84. The van der Waals surface area contributed by atoms with Crippen LogP contribution in [0.4, 0.5) is 0 Å². The molecule has 1 aliphatic heterocycles. The second kappa shape index (κ2) is 5.85. The number of nitrogens with one attached hydrogen (secondary N) is 1. The molecule has 0 aliphatic carbocycles. The fourth-order valence-electron chi connectivity index (χ4n) is 1.46. The van der Waals surface area contributed by atoms with Gasteiger partial charge >= 0.3 is 0 Å². The fourth-order valence-corrected chi connectivity index (χ4v) is 1.46. The van der Waals surface area contributed by atoms with Crippen LogP contribution in [0.15, 0.2) is 16.8 Å². The van der Waals surface area contributed by atoms with Crippen LogP contribution in [0.1, 0.15) is 26.7 Å². The molecule has 5 nitrogen and oxygen atoms in total. The van der Waals surface area contributed by atoms with Crippen LogP contribution in [0, 0.1) is 0 Å². The SMILES string of the molecule is CC/C(=C\N=C1CC(C)NN1CN)CO. The molecule has 0 amide bonds. The van der Waals surface area contributed by atoms with Crippen molar-refractivity contribution in [1.29, 1.82) is 0 Å². The smallest absolute Gasteiger partial charge is 0.121 e. The third-order valence-corrected chi connectivity index (χ3v) is 2.41. The Bertz CT molecular complexity index is 256. The van der Waals surface area contributed by atoms with Crippen LogP contribution < -0.4 is 11.2 Å². The first kappa shape index (κ1) is 12.2. The highest BCUT2D eigenvalue weighted by Crippen LogP contribution is 2.09. The van der Waals surface area contributed by atoms with Crippen LogP contribution in [-0.4, -0.2) is 35.3 Å². The molecule has 0 spiro atoms. The summed E-state index contributed by atoms with van der Waals surface area (Å²) in [5.74, 6) is 0.935. The second-order valence-electron chi connectivity index (χ2n) is 3.69. The number of hydrogen-bond acceptors (Lipinski definition) is 4. The van der Waals surface area contributed by atoms with Crippen LogP contribution in [-0.2, 0) is 0 Å². The molecule has 0 radical (unpaired) electrons. The lowest BCUT2D eigenvalue weighted by Gasteiger charge is -2.15. The van der Waals surface area contributed by atoms with Crippen LogP contribution in [0.2, 0.25) is 0 Å². The van der Waals surface area contributed by atoms with Gasteiger partial charge in [-0.3, -0.25) is 5.01 Å². The molecular formula is C10H20N4O. The number of amidine groups is 1. The lowest BCUT2D eigenvalue weighted by molar-refractivity contribution is 0.322. The summed E-state index contributed by atoms with van der Waals surface area (Å²) >= 11 is 0. The predicted octanol–water partition coefficient (Wildman–Crippen LogP) is 0.186. The predicted molar refractivity (Wildman–Crippen MR) is 61.0 cm³/mol. The lowest BCUT2D eigenvalue weighted by Crippen LogP contribution is -2.40. The minimum absolute atomic E-state index is 0.0683. The van der Waals surface area contributed by atoms with E-state index >= 15 is 0 Å². The van der Waals surface area contributed by atoms with Gasteiger partial charge in [-0.15, -0.1) is 0 Å². The molecule has 1 aliphatic rings. The molecule has 0 saturated carbocycles. The van der Waals surface area contributed by atoms with E-state index in [2.05, 4.69) is 17.3 Å². The van der Waals surface area contributed by atoms with Crippen molar-refractivity contribution < 1.29 is 5.11 Å². The number of aliphatic imine (C=N–C) groups is 1. The van der Waals surface area contributed by atoms with E-state index in [0.717, 1.165) is 24.3 Å². The van der Waals surface area contributed by atoms with Gasteiger partial charge in [-0.2, -0.15) is 0 Å². The van der Waals surface area contributed by atoms with E-state index in [0.29, 0.717) is 12.7 Å². The maximum atomic E-state index is 8.98. The third kappa shape index (κ3) is 3.30. The van der Waals surface area contributed by atoms with E-state index in [4.69, 9.17) is 10.8 Å². The van der Waals surface area contributed by atoms with E-state index in [9.17, 15) is 0 Å². The summed E-state index contributed by atoms with van der Waals surface area (Å²) < 4.78 is 0. The number of rotatable bonds is 4. The standard InChI is InChI=1S/C10H20N4O/c1-3-9(6-15)5-12-10-4-8(2)13-14(10)7-11/h5,8,13,15H,3-4,6-7,11H2,1-2H3/b9-5+,12-10?. The second-order valence-corrected chi connectivity index (χ2v) is 3.69. The zero-order chi connectivity index (χ0) is 11.3. The van der Waals surface area contributed by atoms with E-state index in [1.807, 2.05) is 11.9 Å². The summed E-state index contributed by atoms with van der Waals surface area (Å²) in [5, 5.41) is 10.8. The van der Waals surface area contributed by atoms with Gasteiger partial charge < -0.3 is 10.8 Å². The molecule has 4 N–H and O–H groups in total. The Morgan fingerprint density at radius 1 is 1.80 bits per heavy atom. The summed E-state index contributed by atoms with van der Waals surface area (Å²) in [4.78, 5) is 4.35. The normalized spacial score (nSPS) is 25.3. The van der Waals surface area contributed by atoms with Gasteiger partial charge in [0.25, 0.3) is 0 Å². The van der Waals surface area contributed by atoms with Gasteiger partial charge in [0, 0.05) is 18.7 Å². The van der Waals surface area contributed by atoms with Crippen LogP contribution in [0.25, 0.3) is 0 Å². The summed E-state index contributed by atoms with van der Waals surface area (Å²) in [5.41, 5.74) is 9.70. The molecule has 1 fully saturated rings. The Labute approximate surface area is 90.6 Å². The molecule has 1 saturated heterocycles. The molecule has 1 heterocycles. The van der Waals surface area contributed by atoms with Gasteiger partial charge in [-0.05, 0) is 18.9 Å². The van der Waals surface area contributed by atoms with Gasteiger partial charge in [-0.1, -0.05) is 6.92 Å². The number of nitrogens with zero attached hydrogens (tertiary/aromatic N) is 2. The molecular weight excluding hydrogens is 192 g/mol. The van der Waals surface area contributed by atoms with E-state index in [1.54, 1.807) is 6.20 Å². The molecule has 0 aromatic carbocycles. The minimum Gasteiger partial charge on any atom is -0.392 e. The van der Waals surface area contributed by atoms with Gasteiger partial charge in [0.1, 0.15) is 5.84 Å². The average molecular weight is 212 g/mol. The average Bonchev–Trinajstić information content (AvgIpc) is 2.60. The summed E-state index contributed by atoms with van der Waals surface area (Å²) in [6, 6.07) is 0.375. The van der Waals surface area contributed by atoms with Gasteiger partial charge in [0.2, 0.25) is 0 Å². The van der Waals surface area contributed by atoms with Crippen molar-refractivity contribution in [3.8, 4) is 0 Å². The van der Waals surface area contributed by atoms with Gasteiger partial charge in [-0.25, -0.2) is 10.4 Å². The largest absolute Gasteiger partial charge is 0.392 e. The molecule has 86 valence electrons. The molecule has 5 heteroatoms. The Balaban J connectivity index is 2.69. The van der Waals surface area contributed by atoms with E-state index < -0.39 is 0 Å². The molecule has 0 aromatic rings. The number of hydrogen-bond donors (Lipinski definition) is 3. The lowest BCUT2D eigenvalue weighted by atomic mass is 10.2. The van der Waals surface area contributed by atoms with Crippen molar-refractivity contribution in [3.05, 3.63) is 11.8 Å². The molecule has 1 rings (SSSR count). The Kier molecular flexibility index (Phi) is 4.74. The fraction of sp³-hybridized carbons (Fsp3) is 0.700. The highest BCUT2D eigenvalue weighted by Gasteiger charge is 2.22. The zero-order valence-electron chi connectivity index (χ0n) is 9.40. The molecule has 0 bridgehead atoms. The van der Waals surface area contributed by atoms with E-state index in [1.165, 1.54) is 0 Å². The first-order valence-corrected chi connectivity index (χ1v) is 5.30. The van der Waals surface area contributed by atoms with Crippen molar-refractivity contribution in [3.63, 3.8) is 0 Å². The first-order chi connectivity index (χ1) is 7.21. The summed E-state index contributed by atoms with van der Waals surface area (Å²) in [7, 11) is 0. The van der Waals surface area contributed by atoms with Crippen molar-refractivity contribution in [2.45, 2.75) is 32.7 Å². The van der Waals surface area contributed by atoms with E-state index in [-0.39, 0.29) is 6.61 Å². The van der Waals surface area contributed by atoms with Crippen LogP contribution in [0.3, 0.4) is 0 Å². The molecule has 15 heavy (non-hydrogen) atoms. The Hall–Kier alpha value is -0.910. The van der Waals surface area contributed by atoms with Crippen molar-refractivity contribution in [2.24, 2.45) is 10.7 Å². The van der Waals surface area contributed by atoms with Gasteiger partial charge in [0.15, 0.2) is 0 Å². The summed E-state index contributed by atoms with van der Waals surface area (Å²) in [6.45, 7) is 4.57. The quantitative estimate of drug-likeness (QED) is 0.622. The number of nitrogens with two attached hydrogens (primary N) is 1. The summed E-state index contributed by atoms with van der Waals surface area (Å²) in [6.07, 6.45) is 3.42. The third-order valence-electron chi connectivity index (χ3n) is 2.41. The maximum absolute atomic E-state index is 8.98. The topological polar surface area (TPSA) is 73.9 Å². The zero-order valence-corrected chi connectivity index (χ0v) is 9.40. The number of aliphatic hydroxyl groups is 1. The first-order valence-electron chi connectivity index (χ1n) is 5.30. The minimum atomic E-state index is 0.0683. The number of aliphatic hydroxyl groups excluding tert-OH is 1. The van der Waals surface area contributed by atoms with Crippen molar-refractivity contribution in [2.75, 3.05) is 13.3 Å². The van der Waals surface area contributed by atoms with Gasteiger partial charge in [0.05, 0.1) is 13.3 Å². The Morgan fingerprint density at radius 3 is 3.07 bits per heavy atom. The molecule has 1 unspecified atom stereocenters. The van der Waals surface area contributed by atoms with Crippen molar-refractivity contribution in [1.82, 2.24) is 10.4 Å². The number of hydrazine groups is 1. The van der Waals surface area contributed by atoms with Crippen molar-refractivity contribution >= 4 is 5.84 Å². The van der Waals surface area contributed by atoms with Crippen LogP contribution in [0.5, 0.6) is 0 Å². The van der Waals surface area contributed by atoms with Crippen LogP contribution >= 0.6 is 0 Å². The monoisotopic (exact) mass is 212 g/mol. The Morgan fingerprint density at radius 2 is 2.53 bits per heavy atom.